The Balaban J connectivity index is 1.11. The van der Waals surface area contributed by atoms with Crippen molar-refractivity contribution in [3.63, 3.8) is 0 Å². The standard InChI is InChI=1S/C40H18N4O4S3/c1-43-28-14-24-25(15-29(28)44-2)36(48)26(35(24)47)10-20-11-30-32(40(20)6-4-3-5-7-40)38-39(50-30)37-31(51-38)13-21(49-37)12-27-33(45)22-8-18(16-41)19(17-42)9-23(22)34(27)46/h8-15H,3-7H2. The third-order valence-corrected chi connectivity index (χ3v) is 14.1. The highest BCUT2D eigenvalue weighted by Crippen LogP contribution is 2.60. The molecule has 0 N–H and O–H groups in total. The van der Waals surface area contributed by atoms with Crippen LogP contribution in [0.3, 0.4) is 0 Å². The molecule has 11 heteroatoms. The molecule has 4 aliphatic carbocycles. The Morgan fingerprint density at radius 3 is 1.76 bits per heavy atom. The summed E-state index contributed by atoms with van der Waals surface area (Å²) in [5.41, 5.74) is 2.78. The van der Waals surface area contributed by atoms with E-state index in [0.717, 1.165) is 61.5 Å². The minimum Gasteiger partial charge on any atom is -0.288 e. The van der Waals surface area contributed by atoms with Crippen molar-refractivity contribution in [1.29, 1.82) is 10.5 Å². The minimum absolute atomic E-state index is 0.0124. The Labute approximate surface area is 302 Å². The number of Topliss-reactive ketones (excluding diaryl/α,β-unsaturated/α-hetero) is 4. The van der Waals surface area contributed by atoms with E-state index in [-0.39, 0.29) is 61.3 Å². The van der Waals surface area contributed by atoms with Crippen LogP contribution in [0.15, 0.2) is 53.1 Å². The van der Waals surface area contributed by atoms with E-state index in [2.05, 4.69) is 15.8 Å². The molecule has 2 aromatic carbocycles. The van der Waals surface area contributed by atoms with Crippen LogP contribution in [0.2, 0.25) is 0 Å². The lowest BCUT2D eigenvalue weighted by Crippen LogP contribution is -2.29. The maximum Gasteiger partial charge on any atom is 0.197 e. The van der Waals surface area contributed by atoms with Crippen molar-refractivity contribution in [2.24, 2.45) is 0 Å². The Kier molecular flexibility index (Phi) is 6.65. The van der Waals surface area contributed by atoms with Crippen LogP contribution in [0, 0.1) is 35.8 Å². The van der Waals surface area contributed by atoms with Crippen LogP contribution in [0.4, 0.5) is 11.4 Å². The van der Waals surface area contributed by atoms with E-state index in [9.17, 15) is 29.7 Å². The third kappa shape index (κ3) is 4.18. The molecule has 5 aromatic rings. The fraction of sp³-hybridized carbons (Fsp3) is 0.150. The maximum atomic E-state index is 13.6. The number of nitrogens with zero attached hydrogens (tertiary/aromatic N) is 4. The number of thiophene rings is 3. The van der Waals surface area contributed by atoms with Crippen LogP contribution >= 0.6 is 34.0 Å². The van der Waals surface area contributed by atoms with Gasteiger partial charge < -0.3 is 0 Å². The first-order valence-electron chi connectivity index (χ1n) is 16.0. The maximum absolute atomic E-state index is 13.6. The number of allylic oxidation sites excluding steroid dienone is 4. The van der Waals surface area contributed by atoms with E-state index >= 15 is 0 Å². The summed E-state index contributed by atoms with van der Waals surface area (Å²) in [6, 6.07) is 11.2. The van der Waals surface area contributed by atoms with E-state index in [1.807, 2.05) is 18.2 Å². The van der Waals surface area contributed by atoms with Gasteiger partial charge in [-0.3, -0.25) is 28.9 Å². The van der Waals surface area contributed by atoms with Crippen molar-refractivity contribution < 1.29 is 19.2 Å². The zero-order chi connectivity index (χ0) is 35.3. The highest BCUT2D eigenvalue weighted by Gasteiger charge is 2.46. The van der Waals surface area contributed by atoms with Crippen LogP contribution in [0.1, 0.15) is 100.0 Å². The van der Waals surface area contributed by atoms with Crippen LogP contribution in [0.25, 0.3) is 40.6 Å². The molecule has 0 atom stereocenters. The molecule has 0 amide bonds. The van der Waals surface area contributed by atoms with Gasteiger partial charge >= 0.3 is 0 Å². The van der Waals surface area contributed by atoms with E-state index in [0.29, 0.717) is 0 Å². The van der Waals surface area contributed by atoms with Crippen LogP contribution < -0.4 is 0 Å². The Hall–Kier alpha value is -6.08. The van der Waals surface area contributed by atoms with Crippen LogP contribution in [0.5, 0.6) is 0 Å². The van der Waals surface area contributed by atoms with Gasteiger partial charge in [0, 0.05) is 42.1 Å². The molecule has 1 spiro atoms. The van der Waals surface area contributed by atoms with Crippen molar-refractivity contribution >= 4 is 99.5 Å². The van der Waals surface area contributed by atoms with Gasteiger partial charge in [-0.25, -0.2) is 0 Å². The predicted molar refractivity (Wildman–Crippen MR) is 196 cm³/mol. The molecule has 1 saturated carbocycles. The number of hydrogen-bond acceptors (Lipinski definition) is 9. The molecule has 51 heavy (non-hydrogen) atoms. The second-order valence-corrected chi connectivity index (χ2v) is 16.1. The minimum atomic E-state index is -0.458. The SMILES string of the molecule is [C-]#[N+]c1cc2c(cc1[N+]#[C-])C(=O)C(=CC1=Cc3sc4c(sc5cc(C=C6C(=O)c7cc(C#N)c(C#N)cc7C6=O)sc54)c3C13CCCCC3)C2=O. The van der Waals surface area contributed by atoms with E-state index in [1.165, 1.54) is 45.9 Å². The Morgan fingerprint density at radius 2 is 1.22 bits per heavy atom. The summed E-state index contributed by atoms with van der Waals surface area (Å²) in [6.45, 7) is 14.8. The lowest BCUT2D eigenvalue weighted by Gasteiger charge is -2.36. The number of carbonyl (C=O) groups is 4. The summed E-state index contributed by atoms with van der Waals surface area (Å²) < 4.78 is 4.40. The first kappa shape index (κ1) is 30.9. The highest BCUT2D eigenvalue weighted by molar-refractivity contribution is 7.39. The molecule has 9 rings (SSSR count). The lowest BCUT2D eigenvalue weighted by molar-refractivity contribution is 0.0974. The van der Waals surface area contributed by atoms with Gasteiger partial charge in [0.05, 0.1) is 49.5 Å². The molecule has 0 aliphatic heterocycles. The Bertz CT molecular complexity index is 2750. The van der Waals surface area contributed by atoms with Crippen molar-refractivity contribution in [3.8, 4) is 12.1 Å². The second kappa shape index (κ2) is 11.0. The summed E-state index contributed by atoms with van der Waals surface area (Å²) in [5, 5.41) is 18.8. The fourth-order valence-electron chi connectivity index (χ4n) is 7.98. The molecular weight excluding hydrogens is 697 g/mol. The van der Waals surface area contributed by atoms with Gasteiger partial charge in [-0.05, 0) is 60.4 Å². The summed E-state index contributed by atoms with van der Waals surface area (Å²) in [6.07, 6.45) is 10.4. The van der Waals surface area contributed by atoms with Crippen LogP contribution in [-0.2, 0) is 5.41 Å². The van der Waals surface area contributed by atoms with Gasteiger partial charge in [0.25, 0.3) is 0 Å². The lowest BCUT2D eigenvalue weighted by atomic mass is 9.67. The quantitative estimate of drug-likeness (QED) is 0.102. The molecule has 4 aliphatic rings. The number of benzene rings is 2. The zero-order valence-electron chi connectivity index (χ0n) is 26.3. The number of rotatable bonds is 2. The summed E-state index contributed by atoms with van der Waals surface area (Å²) >= 11 is 4.84. The van der Waals surface area contributed by atoms with Gasteiger partial charge in [-0.2, -0.15) is 10.5 Å². The van der Waals surface area contributed by atoms with Gasteiger partial charge in [-0.1, -0.05) is 31.4 Å². The molecule has 240 valence electrons. The number of ketones is 4. The average molecular weight is 715 g/mol. The number of carbonyl (C=O) groups excluding carboxylic acids is 4. The topological polar surface area (TPSA) is 125 Å². The molecule has 0 unspecified atom stereocenters. The predicted octanol–water partition coefficient (Wildman–Crippen LogP) is 10.1. The summed E-state index contributed by atoms with van der Waals surface area (Å²) in [4.78, 5) is 62.4. The second-order valence-electron chi connectivity index (χ2n) is 12.9. The molecule has 0 saturated heterocycles. The monoisotopic (exact) mass is 714 g/mol. The smallest absolute Gasteiger partial charge is 0.197 e. The molecule has 1 fully saturated rings. The van der Waals surface area contributed by atoms with Gasteiger partial charge in [0.2, 0.25) is 0 Å². The molecule has 3 heterocycles. The fourth-order valence-corrected chi connectivity index (χ4v) is 12.3. The van der Waals surface area contributed by atoms with Crippen molar-refractivity contribution in [2.45, 2.75) is 37.5 Å². The molecule has 3 aromatic heterocycles. The van der Waals surface area contributed by atoms with Gasteiger partial charge in [-0.15, -0.1) is 34.0 Å². The van der Waals surface area contributed by atoms with E-state index < -0.39 is 23.1 Å². The largest absolute Gasteiger partial charge is 0.288 e. The first-order valence-corrected chi connectivity index (χ1v) is 18.4. The van der Waals surface area contributed by atoms with Crippen molar-refractivity contribution in [1.82, 2.24) is 0 Å². The zero-order valence-corrected chi connectivity index (χ0v) is 28.8. The van der Waals surface area contributed by atoms with Gasteiger partial charge in [0.15, 0.2) is 34.5 Å². The number of hydrogen-bond donors (Lipinski definition) is 0. The number of nitriles is 2. The van der Waals surface area contributed by atoms with E-state index in [1.54, 1.807) is 34.8 Å². The highest BCUT2D eigenvalue weighted by atomic mass is 32.1. The van der Waals surface area contributed by atoms with E-state index in [4.69, 9.17) is 13.1 Å². The molecule has 0 radical (unpaired) electrons. The average Bonchev–Trinajstić information content (AvgIpc) is 3.95. The number of fused-ring (bicyclic) bond motifs is 8. The van der Waals surface area contributed by atoms with Crippen molar-refractivity contribution in [3.05, 3.63) is 125 Å². The molecular formula is C40H18N4O4S3. The Morgan fingerprint density at radius 1 is 0.667 bits per heavy atom. The van der Waals surface area contributed by atoms with Crippen LogP contribution in [-0.4, -0.2) is 23.1 Å². The first-order chi connectivity index (χ1) is 24.7. The normalized spacial score (nSPS) is 16.9. The summed E-state index contributed by atoms with van der Waals surface area (Å²) in [7, 11) is 0. The van der Waals surface area contributed by atoms with Gasteiger partial charge in [0.1, 0.15) is 12.1 Å². The molecule has 0 bridgehead atoms. The summed E-state index contributed by atoms with van der Waals surface area (Å²) in [5.74, 6) is -1.75. The third-order valence-electron chi connectivity index (χ3n) is 10.3. The molecule has 8 nitrogen and oxygen atoms in total. The van der Waals surface area contributed by atoms with Crippen molar-refractivity contribution in [2.75, 3.05) is 0 Å².